The Hall–Kier alpha value is -1.94. The van der Waals surface area contributed by atoms with E-state index in [0.717, 1.165) is 16.7 Å². The van der Waals surface area contributed by atoms with Gasteiger partial charge in [0.2, 0.25) is 0 Å². The molecule has 2 rings (SSSR count). The Labute approximate surface area is 100 Å². The predicted octanol–water partition coefficient (Wildman–Crippen LogP) is 1.95. The molecule has 1 aromatic carbocycles. The van der Waals surface area contributed by atoms with Gasteiger partial charge in [0, 0.05) is 11.8 Å². The quantitative estimate of drug-likeness (QED) is 0.825. The van der Waals surface area contributed by atoms with E-state index in [4.69, 9.17) is 5.73 Å². The van der Waals surface area contributed by atoms with Crippen LogP contribution in [0.2, 0.25) is 0 Å². The van der Waals surface area contributed by atoms with Crippen molar-refractivity contribution in [1.29, 1.82) is 0 Å². The summed E-state index contributed by atoms with van der Waals surface area (Å²) in [5, 5.41) is 9.86. The van der Waals surface area contributed by atoms with Crippen molar-refractivity contribution in [1.82, 2.24) is 9.97 Å². The zero-order chi connectivity index (χ0) is 12.5. The van der Waals surface area contributed by atoms with Crippen LogP contribution in [-0.4, -0.2) is 15.1 Å². The maximum atomic E-state index is 9.86. The number of benzene rings is 1. The normalized spacial score (nSPS) is 11.5. The van der Waals surface area contributed by atoms with Gasteiger partial charge in [-0.15, -0.1) is 0 Å². The Balaban J connectivity index is 2.40. The highest BCUT2D eigenvalue weighted by Crippen LogP contribution is 2.26. The van der Waals surface area contributed by atoms with E-state index in [-0.39, 0.29) is 0 Å². The molecule has 0 saturated heterocycles. The second-order valence-corrected chi connectivity index (χ2v) is 4.46. The van der Waals surface area contributed by atoms with Crippen molar-refractivity contribution in [3.63, 3.8) is 0 Å². The Kier molecular flexibility index (Phi) is 2.81. The van der Waals surface area contributed by atoms with Gasteiger partial charge in [0.15, 0.2) is 0 Å². The average molecular weight is 229 g/mol. The first-order valence-corrected chi connectivity index (χ1v) is 5.37. The minimum absolute atomic E-state index is 0.455. The maximum absolute atomic E-state index is 9.86. The van der Waals surface area contributed by atoms with Gasteiger partial charge < -0.3 is 10.8 Å². The average Bonchev–Trinajstić information content (AvgIpc) is 2.29. The monoisotopic (exact) mass is 229 g/mol. The van der Waals surface area contributed by atoms with E-state index in [9.17, 15) is 5.11 Å². The summed E-state index contributed by atoms with van der Waals surface area (Å²) in [7, 11) is 0. The highest BCUT2D eigenvalue weighted by atomic mass is 16.3. The van der Waals surface area contributed by atoms with Gasteiger partial charge >= 0.3 is 0 Å². The van der Waals surface area contributed by atoms with Crippen LogP contribution < -0.4 is 5.73 Å². The Morgan fingerprint density at radius 3 is 2.35 bits per heavy atom. The van der Waals surface area contributed by atoms with Gasteiger partial charge in [0.1, 0.15) is 12.1 Å². The third kappa shape index (κ3) is 2.42. The molecule has 0 aliphatic carbocycles. The molecule has 0 radical (unpaired) electrons. The van der Waals surface area contributed by atoms with Crippen molar-refractivity contribution < 1.29 is 5.11 Å². The standard InChI is InChI=1S/C13H15N3O/c1-13(2,17)10-5-3-9(4-6-10)11-7-15-8-16-12(11)14/h3-8,17H,1-2H3,(H2,14,15,16). The fourth-order valence-corrected chi connectivity index (χ4v) is 1.62. The summed E-state index contributed by atoms with van der Waals surface area (Å²) in [5.74, 6) is 0.455. The number of nitrogen functional groups attached to an aromatic ring is 1. The lowest BCUT2D eigenvalue weighted by Crippen LogP contribution is -2.14. The number of aliphatic hydroxyl groups is 1. The number of nitrogens with two attached hydrogens (primary N) is 1. The van der Waals surface area contributed by atoms with Crippen molar-refractivity contribution in [2.45, 2.75) is 19.4 Å². The molecule has 4 nitrogen and oxygen atoms in total. The van der Waals surface area contributed by atoms with Crippen LogP contribution in [0.25, 0.3) is 11.1 Å². The van der Waals surface area contributed by atoms with Crippen LogP contribution in [0.4, 0.5) is 5.82 Å². The van der Waals surface area contributed by atoms with Crippen LogP contribution in [0.3, 0.4) is 0 Å². The molecule has 0 saturated carbocycles. The zero-order valence-electron chi connectivity index (χ0n) is 9.88. The first kappa shape index (κ1) is 11.5. The molecule has 0 atom stereocenters. The molecule has 1 heterocycles. The SMILES string of the molecule is CC(C)(O)c1ccc(-c2cncnc2N)cc1. The minimum atomic E-state index is -0.836. The summed E-state index contributed by atoms with van der Waals surface area (Å²) < 4.78 is 0. The lowest BCUT2D eigenvalue weighted by atomic mass is 9.96. The molecule has 0 amide bonds. The van der Waals surface area contributed by atoms with E-state index >= 15 is 0 Å². The van der Waals surface area contributed by atoms with Crippen molar-refractivity contribution in [3.8, 4) is 11.1 Å². The molecule has 88 valence electrons. The van der Waals surface area contributed by atoms with E-state index in [1.165, 1.54) is 6.33 Å². The summed E-state index contributed by atoms with van der Waals surface area (Å²) >= 11 is 0. The van der Waals surface area contributed by atoms with E-state index in [1.54, 1.807) is 20.0 Å². The molecule has 0 aliphatic heterocycles. The number of hydrogen-bond donors (Lipinski definition) is 2. The van der Waals surface area contributed by atoms with Gasteiger partial charge in [-0.2, -0.15) is 0 Å². The van der Waals surface area contributed by atoms with Crippen molar-refractivity contribution in [3.05, 3.63) is 42.4 Å². The number of nitrogens with zero attached hydrogens (tertiary/aromatic N) is 2. The minimum Gasteiger partial charge on any atom is -0.386 e. The second kappa shape index (κ2) is 4.14. The van der Waals surface area contributed by atoms with E-state index in [0.29, 0.717) is 5.82 Å². The fraction of sp³-hybridized carbons (Fsp3) is 0.231. The molecular formula is C13H15N3O. The smallest absolute Gasteiger partial charge is 0.134 e. The molecule has 1 aromatic heterocycles. The van der Waals surface area contributed by atoms with Crippen LogP contribution in [0.1, 0.15) is 19.4 Å². The van der Waals surface area contributed by atoms with Gasteiger partial charge in [-0.25, -0.2) is 9.97 Å². The first-order valence-electron chi connectivity index (χ1n) is 5.37. The summed E-state index contributed by atoms with van der Waals surface area (Å²) in [6.07, 6.45) is 3.10. The Bertz CT molecular complexity index is 515. The third-order valence-electron chi connectivity index (χ3n) is 2.65. The zero-order valence-corrected chi connectivity index (χ0v) is 9.88. The summed E-state index contributed by atoms with van der Waals surface area (Å²) in [4.78, 5) is 7.90. The fourth-order valence-electron chi connectivity index (χ4n) is 1.62. The van der Waals surface area contributed by atoms with Gasteiger partial charge in [-0.1, -0.05) is 24.3 Å². The van der Waals surface area contributed by atoms with E-state index < -0.39 is 5.60 Å². The van der Waals surface area contributed by atoms with E-state index in [2.05, 4.69) is 9.97 Å². The lowest BCUT2D eigenvalue weighted by molar-refractivity contribution is 0.0786. The summed E-state index contributed by atoms with van der Waals surface area (Å²) in [5.41, 5.74) is 7.54. The highest BCUT2D eigenvalue weighted by Gasteiger charge is 2.15. The van der Waals surface area contributed by atoms with Crippen LogP contribution in [0, 0.1) is 0 Å². The molecule has 0 fully saturated rings. The molecule has 0 unspecified atom stereocenters. The predicted molar refractivity (Wildman–Crippen MR) is 67.1 cm³/mol. The van der Waals surface area contributed by atoms with Gasteiger partial charge in [-0.05, 0) is 25.0 Å². The molecule has 0 bridgehead atoms. The van der Waals surface area contributed by atoms with Crippen LogP contribution in [-0.2, 0) is 5.60 Å². The van der Waals surface area contributed by atoms with E-state index in [1.807, 2.05) is 24.3 Å². The maximum Gasteiger partial charge on any atom is 0.134 e. The number of anilines is 1. The highest BCUT2D eigenvalue weighted by molar-refractivity contribution is 5.72. The molecule has 4 heteroatoms. The molecule has 2 aromatic rings. The first-order chi connectivity index (χ1) is 7.98. The summed E-state index contributed by atoms with van der Waals surface area (Å²) in [6.45, 7) is 3.50. The number of aromatic nitrogens is 2. The van der Waals surface area contributed by atoms with Crippen LogP contribution >= 0.6 is 0 Å². The van der Waals surface area contributed by atoms with Crippen molar-refractivity contribution >= 4 is 5.82 Å². The van der Waals surface area contributed by atoms with Crippen molar-refractivity contribution in [2.75, 3.05) is 5.73 Å². The van der Waals surface area contributed by atoms with Crippen LogP contribution in [0.15, 0.2) is 36.8 Å². The number of rotatable bonds is 2. The molecule has 17 heavy (non-hydrogen) atoms. The second-order valence-electron chi connectivity index (χ2n) is 4.46. The molecule has 0 spiro atoms. The molecule has 0 aliphatic rings. The number of hydrogen-bond acceptors (Lipinski definition) is 4. The van der Waals surface area contributed by atoms with Crippen molar-refractivity contribution in [2.24, 2.45) is 0 Å². The topological polar surface area (TPSA) is 72.0 Å². The summed E-state index contributed by atoms with van der Waals surface area (Å²) in [6, 6.07) is 7.56. The largest absolute Gasteiger partial charge is 0.386 e. The third-order valence-corrected chi connectivity index (χ3v) is 2.65. The molecule has 3 N–H and O–H groups in total. The van der Waals surface area contributed by atoms with Gasteiger partial charge in [0.25, 0.3) is 0 Å². The van der Waals surface area contributed by atoms with Gasteiger partial charge in [-0.3, -0.25) is 0 Å². The molecular weight excluding hydrogens is 214 g/mol. The van der Waals surface area contributed by atoms with Gasteiger partial charge in [0.05, 0.1) is 5.60 Å². The van der Waals surface area contributed by atoms with Crippen LogP contribution in [0.5, 0.6) is 0 Å². The lowest BCUT2D eigenvalue weighted by Gasteiger charge is -2.17. The Morgan fingerprint density at radius 1 is 1.18 bits per heavy atom. The Morgan fingerprint density at radius 2 is 1.82 bits per heavy atom.